The van der Waals surface area contributed by atoms with Gasteiger partial charge in [-0.05, 0) is 31.4 Å². The minimum absolute atomic E-state index is 0.200. The van der Waals surface area contributed by atoms with E-state index in [-0.39, 0.29) is 5.54 Å². The Balaban J connectivity index is 1.69. The minimum atomic E-state index is -4.36. The Morgan fingerprint density at radius 3 is 2.22 bits per heavy atom. The van der Waals surface area contributed by atoms with Gasteiger partial charge in [0.1, 0.15) is 5.69 Å². The van der Waals surface area contributed by atoms with Gasteiger partial charge in [0.2, 0.25) is 0 Å². The summed E-state index contributed by atoms with van der Waals surface area (Å²) in [6.45, 7) is 0.616. The first kappa shape index (κ1) is 17.7. The molecule has 0 spiro atoms. The smallest absolute Gasteiger partial charge is 0.366 e. The zero-order chi connectivity index (χ0) is 19.1. The molecular weight excluding hydrogens is 353 g/mol. The molecule has 1 aromatic heterocycles. The Bertz CT molecular complexity index is 963. The molecule has 0 amide bonds. The predicted molar refractivity (Wildman–Crippen MR) is 99.2 cm³/mol. The third kappa shape index (κ3) is 3.47. The number of hydrogen-bond donors (Lipinski definition) is 2. The molecule has 1 fully saturated rings. The zero-order valence-electron chi connectivity index (χ0n) is 14.6. The lowest BCUT2D eigenvalue weighted by Crippen LogP contribution is -2.52. The molecule has 0 saturated heterocycles. The summed E-state index contributed by atoms with van der Waals surface area (Å²) in [6, 6.07) is 12.6. The molecule has 3 aromatic rings. The van der Waals surface area contributed by atoms with Crippen molar-refractivity contribution >= 4 is 16.6 Å². The lowest BCUT2D eigenvalue weighted by atomic mass is 9.78. The molecular formula is C20H19F3N4. The van der Waals surface area contributed by atoms with E-state index in [2.05, 4.69) is 15.5 Å². The molecule has 27 heavy (non-hydrogen) atoms. The van der Waals surface area contributed by atoms with Crippen LogP contribution in [0.4, 0.5) is 19.0 Å². The predicted octanol–water partition coefficient (Wildman–Crippen LogP) is 4.61. The molecule has 7 heteroatoms. The molecule has 4 rings (SSSR count). The Morgan fingerprint density at radius 2 is 1.63 bits per heavy atom. The molecule has 2 aromatic carbocycles. The van der Waals surface area contributed by atoms with E-state index in [1.807, 2.05) is 24.3 Å². The van der Waals surface area contributed by atoms with Crippen LogP contribution in [0.25, 0.3) is 22.0 Å². The minimum Gasteiger partial charge on any atom is -0.366 e. The van der Waals surface area contributed by atoms with E-state index in [4.69, 9.17) is 5.73 Å². The molecule has 1 aliphatic rings. The van der Waals surface area contributed by atoms with Crippen LogP contribution >= 0.6 is 0 Å². The van der Waals surface area contributed by atoms with Gasteiger partial charge in [-0.1, -0.05) is 36.4 Å². The Hall–Kier alpha value is -2.67. The summed E-state index contributed by atoms with van der Waals surface area (Å²) in [6.07, 6.45) is -1.26. The van der Waals surface area contributed by atoms with Crippen LogP contribution in [0, 0.1) is 0 Å². The lowest BCUT2D eigenvalue weighted by molar-refractivity contribution is -0.137. The third-order valence-electron chi connectivity index (χ3n) is 5.13. The van der Waals surface area contributed by atoms with Crippen LogP contribution in [0.3, 0.4) is 0 Å². The summed E-state index contributed by atoms with van der Waals surface area (Å²) in [4.78, 5) is 0. The molecule has 4 nitrogen and oxygen atoms in total. The highest BCUT2D eigenvalue weighted by atomic mass is 19.4. The van der Waals surface area contributed by atoms with Crippen molar-refractivity contribution in [1.29, 1.82) is 0 Å². The maximum Gasteiger partial charge on any atom is 0.416 e. The fourth-order valence-electron chi connectivity index (χ4n) is 3.33. The van der Waals surface area contributed by atoms with E-state index >= 15 is 0 Å². The highest BCUT2D eigenvalue weighted by Gasteiger charge is 2.32. The van der Waals surface area contributed by atoms with E-state index in [1.165, 1.54) is 12.1 Å². The molecule has 0 bridgehead atoms. The fraction of sp³-hybridized carbons (Fsp3) is 0.300. The Kier molecular flexibility index (Phi) is 4.26. The second-order valence-electron chi connectivity index (χ2n) is 7.09. The number of nitrogens with two attached hydrogens (primary N) is 1. The van der Waals surface area contributed by atoms with Crippen molar-refractivity contribution in [2.24, 2.45) is 5.73 Å². The first-order chi connectivity index (χ1) is 12.9. The lowest BCUT2D eigenvalue weighted by Gasteiger charge is -2.38. The maximum absolute atomic E-state index is 12.8. The van der Waals surface area contributed by atoms with Gasteiger partial charge in [-0.25, -0.2) is 0 Å². The van der Waals surface area contributed by atoms with Crippen molar-refractivity contribution in [3.8, 4) is 11.3 Å². The van der Waals surface area contributed by atoms with Crippen LogP contribution in [0.1, 0.15) is 24.8 Å². The number of aromatic nitrogens is 2. The molecule has 3 N–H and O–H groups in total. The van der Waals surface area contributed by atoms with Gasteiger partial charge in [0.05, 0.1) is 5.56 Å². The van der Waals surface area contributed by atoms with E-state index in [0.717, 1.165) is 42.2 Å². The van der Waals surface area contributed by atoms with Crippen molar-refractivity contribution in [2.75, 3.05) is 11.9 Å². The number of benzene rings is 2. The first-order valence-corrected chi connectivity index (χ1v) is 8.82. The van der Waals surface area contributed by atoms with Gasteiger partial charge in [0, 0.05) is 28.4 Å². The van der Waals surface area contributed by atoms with Crippen LogP contribution in [0.5, 0.6) is 0 Å². The highest BCUT2D eigenvalue weighted by molar-refractivity contribution is 6.00. The normalized spacial score (nSPS) is 16.1. The summed E-state index contributed by atoms with van der Waals surface area (Å²) in [5, 5.41) is 13.5. The number of fused-ring (bicyclic) bond motifs is 1. The molecule has 0 aliphatic heterocycles. The standard InChI is InChI=1S/C20H19F3N4/c21-20(22,23)14-8-6-13(7-9-14)17-15-4-1-2-5-16(15)18(27-26-17)25-12-19(24)10-3-11-19/h1-2,4-9H,3,10-12,24H2,(H,25,27). The number of anilines is 1. The molecule has 1 saturated carbocycles. The number of rotatable bonds is 4. The van der Waals surface area contributed by atoms with Gasteiger partial charge < -0.3 is 11.1 Å². The van der Waals surface area contributed by atoms with Gasteiger partial charge in [-0.2, -0.15) is 13.2 Å². The van der Waals surface area contributed by atoms with Gasteiger partial charge in [-0.15, -0.1) is 10.2 Å². The van der Waals surface area contributed by atoms with Crippen molar-refractivity contribution in [3.63, 3.8) is 0 Å². The van der Waals surface area contributed by atoms with Crippen molar-refractivity contribution in [2.45, 2.75) is 31.0 Å². The van der Waals surface area contributed by atoms with E-state index in [1.54, 1.807) is 0 Å². The highest BCUT2D eigenvalue weighted by Crippen LogP contribution is 2.34. The molecule has 1 heterocycles. The van der Waals surface area contributed by atoms with Crippen molar-refractivity contribution in [3.05, 3.63) is 54.1 Å². The van der Waals surface area contributed by atoms with Gasteiger partial charge in [0.25, 0.3) is 0 Å². The fourth-order valence-corrected chi connectivity index (χ4v) is 3.33. The molecule has 0 radical (unpaired) electrons. The second kappa shape index (κ2) is 6.49. The van der Waals surface area contributed by atoms with Crippen LogP contribution < -0.4 is 11.1 Å². The Morgan fingerprint density at radius 1 is 0.963 bits per heavy atom. The summed E-state index contributed by atoms with van der Waals surface area (Å²) in [5.41, 5.74) is 6.52. The first-order valence-electron chi connectivity index (χ1n) is 8.82. The molecule has 140 valence electrons. The average molecular weight is 372 g/mol. The third-order valence-corrected chi connectivity index (χ3v) is 5.13. The summed E-state index contributed by atoms with van der Waals surface area (Å²) >= 11 is 0. The monoisotopic (exact) mass is 372 g/mol. The molecule has 1 aliphatic carbocycles. The maximum atomic E-state index is 12.8. The number of nitrogens with one attached hydrogen (secondary N) is 1. The van der Waals surface area contributed by atoms with Crippen LogP contribution in [-0.2, 0) is 6.18 Å². The van der Waals surface area contributed by atoms with E-state index in [9.17, 15) is 13.2 Å². The summed E-state index contributed by atoms with van der Waals surface area (Å²) in [5.74, 6) is 0.637. The number of halogens is 3. The second-order valence-corrected chi connectivity index (χ2v) is 7.09. The zero-order valence-corrected chi connectivity index (χ0v) is 14.6. The van der Waals surface area contributed by atoms with E-state index in [0.29, 0.717) is 23.6 Å². The van der Waals surface area contributed by atoms with E-state index < -0.39 is 11.7 Å². The topological polar surface area (TPSA) is 63.8 Å². The van der Waals surface area contributed by atoms with Crippen molar-refractivity contribution in [1.82, 2.24) is 10.2 Å². The summed E-state index contributed by atoms with van der Waals surface area (Å²) in [7, 11) is 0. The van der Waals surface area contributed by atoms with Crippen molar-refractivity contribution < 1.29 is 13.2 Å². The van der Waals surface area contributed by atoms with Gasteiger partial charge >= 0.3 is 6.18 Å². The molecule has 0 atom stereocenters. The summed E-state index contributed by atoms with van der Waals surface area (Å²) < 4.78 is 38.4. The van der Waals surface area contributed by atoms with Gasteiger partial charge in [0.15, 0.2) is 5.82 Å². The number of nitrogens with zero attached hydrogens (tertiary/aromatic N) is 2. The van der Waals surface area contributed by atoms with Crippen LogP contribution in [0.2, 0.25) is 0 Å². The van der Waals surface area contributed by atoms with Crippen LogP contribution in [0.15, 0.2) is 48.5 Å². The SMILES string of the molecule is NC1(CNc2nnc(-c3ccc(C(F)(F)F)cc3)c3ccccc23)CCC1. The van der Waals surface area contributed by atoms with Crippen LogP contribution in [-0.4, -0.2) is 22.3 Å². The Labute approximate surface area is 154 Å². The van der Waals surface area contributed by atoms with Gasteiger partial charge in [-0.3, -0.25) is 0 Å². The quantitative estimate of drug-likeness (QED) is 0.702. The largest absolute Gasteiger partial charge is 0.416 e. The number of alkyl halides is 3. The average Bonchev–Trinajstić information content (AvgIpc) is 2.64. The molecule has 0 unspecified atom stereocenters. The number of hydrogen-bond acceptors (Lipinski definition) is 4.